The van der Waals surface area contributed by atoms with E-state index in [1.165, 1.54) is 58.2 Å². The summed E-state index contributed by atoms with van der Waals surface area (Å²) in [6.45, 7) is 6.02. The molecule has 6 heteroatoms. The van der Waals surface area contributed by atoms with E-state index >= 15 is 0 Å². The monoisotopic (exact) mass is 516 g/mol. The summed E-state index contributed by atoms with van der Waals surface area (Å²) in [5.74, 6) is 1.36. The number of nitrogens with zero attached hydrogens (tertiary/aromatic N) is 5. The standard InChI is InChI=1S/C33H36N6/c1-22-27(15-11-25-12-16-29(37-31(22)25)24-7-3-2-4-8-24)28-20-39(33-30(28)32(34)35-21-36-33)26-13-9-23(10-14-26)19-38-17-5-6-18-38/h2-4,7-8,11-12,15-16,20-21,23,26H,5-6,9-10,13-14,17-19H2,1H3,(H2,34,35,36). The van der Waals surface area contributed by atoms with Gasteiger partial charge in [0.2, 0.25) is 0 Å². The molecule has 1 saturated heterocycles. The molecule has 0 spiro atoms. The molecule has 39 heavy (non-hydrogen) atoms. The van der Waals surface area contributed by atoms with E-state index in [1.54, 1.807) is 6.33 Å². The number of fused-ring (bicyclic) bond motifs is 2. The number of hydrogen-bond acceptors (Lipinski definition) is 5. The Kier molecular flexibility index (Phi) is 6.28. The molecule has 5 aromatic rings. The highest BCUT2D eigenvalue weighted by Crippen LogP contribution is 2.41. The number of benzene rings is 2. The Morgan fingerprint density at radius 3 is 2.44 bits per heavy atom. The second-order valence-corrected chi connectivity index (χ2v) is 11.5. The minimum atomic E-state index is 0.439. The molecule has 7 rings (SSSR count). The van der Waals surface area contributed by atoms with Crippen LogP contribution in [0.3, 0.4) is 0 Å². The van der Waals surface area contributed by atoms with E-state index in [0.717, 1.165) is 55.8 Å². The van der Waals surface area contributed by atoms with Crippen LogP contribution in [0.2, 0.25) is 0 Å². The Hall–Kier alpha value is -3.77. The molecule has 4 heterocycles. The summed E-state index contributed by atoms with van der Waals surface area (Å²) in [6, 6.07) is 19.5. The van der Waals surface area contributed by atoms with Crippen molar-refractivity contribution in [3.63, 3.8) is 0 Å². The van der Waals surface area contributed by atoms with Crippen LogP contribution in [0.15, 0.2) is 67.1 Å². The third-order valence-electron chi connectivity index (χ3n) is 9.04. The molecule has 2 aliphatic rings. The van der Waals surface area contributed by atoms with Gasteiger partial charge in [-0.1, -0.05) is 48.5 Å². The molecule has 2 aromatic carbocycles. The molecule has 2 fully saturated rings. The zero-order chi connectivity index (χ0) is 26.3. The van der Waals surface area contributed by atoms with Crippen LogP contribution in [-0.4, -0.2) is 44.1 Å². The van der Waals surface area contributed by atoms with Gasteiger partial charge in [-0.2, -0.15) is 0 Å². The van der Waals surface area contributed by atoms with E-state index < -0.39 is 0 Å². The van der Waals surface area contributed by atoms with Crippen molar-refractivity contribution in [2.45, 2.75) is 51.5 Å². The molecular weight excluding hydrogens is 480 g/mol. The highest BCUT2D eigenvalue weighted by atomic mass is 15.1. The first kappa shape index (κ1) is 24.3. The molecule has 198 valence electrons. The van der Waals surface area contributed by atoms with Gasteiger partial charge in [-0.25, -0.2) is 15.0 Å². The smallest absolute Gasteiger partial charge is 0.146 e. The Bertz CT molecular complexity index is 1630. The van der Waals surface area contributed by atoms with Gasteiger partial charge in [-0.05, 0) is 81.6 Å². The number of likely N-dealkylation sites (tertiary alicyclic amines) is 1. The summed E-state index contributed by atoms with van der Waals surface area (Å²) in [7, 11) is 0. The van der Waals surface area contributed by atoms with Gasteiger partial charge in [-0.3, -0.25) is 0 Å². The van der Waals surface area contributed by atoms with E-state index in [4.69, 9.17) is 15.7 Å². The molecule has 0 amide bonds. The van der Waals surface area contributed by atoms with Crippen LogP contribution >= 0.6 is 0 Å². The highest BCUT2D eigenvalue weighted by molar-refractivity contribution is 6.03. The van der Waals surface area contributed by atoms with E-state index in [1.807, 2.05) is 6.07 Å². The van der Waals surface area contributed by atoms with Crippen molar-refractivity contribution >= 4 is 27.8 Å². The molecule has 1 aliphatic heterocycles. The molecule has 0 radical (unpaired) electrons. The first-order chi connectivity index (χ1) is 19.2. The molecule has 0 bridgehead atoms. The van der Waals surface area contributed by atoms with Gasteiger partial charge in [0.05, 0.1) is 16.6 Å². The molecule has 1 saturated carbocycles. The highest BCUT2D eigenvalue weighted by Gasteiger charge is 2.28. The minimum absolute atomic E-state index is 0.439. The predicted octanol–water partition coefficient (Wildman–Crippen LogP) is 7.03. The Morgan fingerprint density at radius 2 is 1.64 bits per heavy atom. The van der Waals surface area contributed by atoms with Crippen molar-refractivity contribution in [1.82, 2.24) is 24.4 Å². The third kappa shape index (κ3) is 4.47. The summed E-state index contributed by atoms with van der Waals surface area (Å²) < 4.78 is 2.40. The number of pyridine rings is 1. The lowest BCUT2D eigenvalue weighted by molar-refractivity contribution is 0.206. The summed E-state index contributed by atoms with van der Waals surface area (Å²) in [5.41, 5.74) is 14.0. The summed E-state index contributed by atoms with van der Waals surface area (Å²) in [6.07, 6.45) is 11.6. The maximum atomic E-state index is 6.53. The van der Waals surface area contributed by atoms with Crippen molar-refractivity contribution in [3.05, 3.63) is 72.7 Å². The summed E-state index contributed by atoms with van der Waals surface area (Å²) in [4.78, 5) is 16.9. The molecule has 2 N–H and O–H groups in total. The zero-order valence-electron chi connectivity index (χ0n) is 22.7. The predicted molar refractivity (Wildman–Crippen MR) is 160 cm³/mol. The van der Waals surface area contributed by atoms with Crippen molar-refractivity contribution < 1.29 is 0 Å². The maximum absolute atomic E-state index is 6.53. The normalized spacial score (nSPS) is 20.2. The second kappa shape index (κ2) is 10.1. The Morgan fingerprint density at radius 1 is 0.872 bits per heavy atom. The SMILES string of the molecule is Cc1c(-c2cn(C3CCC(CN4CCCC4)CC3)c3ncnc(N)c23)ccc2ccc(-c3ccccc3)nc12. The lowest BCUT2D eigenvalue weighted by Crippen LogP contribution is -2.29. The van der Waals surface area contributed by atoms with Crippen LogP contribution in [0, 0.1) is 12.8 Å². The van der Waals surface area contributed by atoms with E-state index in [9.17, 15) is 0 Å². The molecule has 3 aromatic heterocycles. The van der Waals surface area contributed by atoms with Crippen LogP contribution < -0.4 is 5.73 Å². The van der Waals surface area contributed by atoms with Crippen LogP contribution in [0.25, 0.3) is 44.3 Å². The van der Waals surface area contributed by atoms with Gasteiger partial charge in [0, 0.05) is 35.3 Å². The fourth-order valence-electron chi connectivity index (χ4n) is 6.92. The molecule has 6 nitrogen and oxygen atoms in total. The van der Waals surface area contributed by atoms with Crippen molar-refractivity contribution in [1.29, 1.82) is 0 Å². The largest absolute Gasteiger partial charge is 0.383 e. The van der Waals surface area contributed by atoms with E-state index in [0.29, 0.717) is 11.9 Å². The topological polar surface area (TPSA) is 72.9 Å². The quantitative estimate of drug-likeness (QED) is 0.271. The summed E-state index contributed by atoms with van der Waals surface area (Å²) >= 11 is 0. The van der Waals surface area contributed by atoms with Crippen molar-refractivity contribution in [3.8, 4) is 22.4 Å². The number of aromatic nitrogens is 4. The van der Waals surface area contributed by atoms with Crippen LogP contribution in [0.1, 0.15) is 50.1 Å². The zero-order valence-corrected chi connectivity index (χ0v) is 22.7. The van der Waals surface area contributed by atoms with Gasteiger partial charge in [0.15, 0.2) is 0 Å². The number of hydrogen-bond donors (Lipinski definition) is 1. The van der Waals surface area contributed by atoms with Gasteiger partial charge >= 0.3 is 0 Å². The Balaban J connectivity index is 1.26. The minimum Gasteiger partial charge on any atom is -0.383 e. The average molecular weight is 517 g/mol. The van der Waals surface area contributed by atoms with Gasteiger partial charge in [-0.15, -0.1) is 0 Å². The van der Waals surface area contributed by atoms with Crippen LogP contribution in [-0.2, 0) is 0 Å². The number of anilines is 1. The second-order valence-electron chi connectivity index (χ2n) is 11.5. The fraction of sp³-hybridized carbons (Fsp3) is 0.364. The maximum Gasteiger partial charge on any atom is 0.146 e. The Labute approximate surface area is 229 Å². The molecular formula is C33H36N6. The lowest BCUT2D eigenvalue weighted by Gasteiger charge is -2.32. The van der Waals surface area contributed by atoms with Crippen molar-refractivity contribution in [2.75, 3.05) is 25.4 Å². The van der Waals surface area contributed by atoms with Crippen LogP contribution in [0.5, 0.6) is 0 Å². The van der Waals surface area contributed by atoms with Gasteiger partial charge < -0.3 is 15.2 Å². The summed E-state index contributed by atoms with van der Waals surface area (Å²) in [5, 5.41) is 2.10. The number of rotatable bonds is 5. The molecule has 1 aliphatic carbocycles. The number of nitrogen functional groups attached to an aromatic ring is 1. The van der Waals surface area contributed by atoms with Crippen LogP contribution in [0.4, 0.5) is 5.82 Å². The van der Waals surface area contributed by atoms with E-state index in [2.05, 4.69) is 76.1 Å². The fourth-order valence-corrected chi connectivity index (χ4v) is 6.92. The lowest BCUT2D eigenvalue weighted by atomic mass is 9.85. The first-order valence-electron chi connectivity index (χ1n) is 14.5. The number of aryl methyl sites for hydroxylation is 1. The third-order valence-corrected chi connectivity index (χ3v) is 9.04. The first-order valence-corrected chi connectivity index (χ1v) is 14.5. The van der Waals surface area contributed by atoms with Gasteiger partial charge in [0.1, 0.15) is 17.8 Å². The average Bonchev–Trinajstić information content (AvgIpc) is 3.63. The number of nitrogens with two attached hydrogens (primary N) is 1. The molecule has 0 atom stereocenters. The van der Waals surface area contributed by atoms with Gasteiger partial charge in [0.25, 0.3) is 0 Å². The van der Waals surface area contributed by atoms with E-state index in [-0.39, 0.29) is 0 Å². The van der Waals surface area contributed by atoms with Crippen molar-refractivity contribution in [2.24, 2.45) is 5.92 Å². The molecule has 0 unspecified atom stereocenters.